The smallest absolute Gasteiger partial charge is 0.255 e. The number of hydrogen-bond donors (Lipinski definition) is 3. The second kappa shape index (κ2) is 8.53. The summed E-state index contributed by atoms with van der Waals surface area (Å²) in [6.45, 7) is 6.26. The summed E-state index contributed by atoms with van der Waals surface area (Å²) in [5, 5.41) is 20.1. The van der Waals surface area contributed by atoms with E-state index in [0.29, 0.717) is 27.6 Å². The average Bonchev–Trinajstić information content (AvgIpc) is 3.07. The fourth-order valence-corrected chi connectivity index (χ4v) is 2.92. The fourth-order valence-electron chi connectivity index (χ4n) is 2.77. The minimum atomic E-state index is -1.60. The molecular weight excluding hydrogens is 411 g/mol. The number of anilines is 1. The highest BCUT2D eigenvalue weighted by Gasteiger charge is 2.27. The van der Waals surface area contributed by atoms with Crippen molar-refractivity contribution in [1.29, 1.82) is 0 Å². The van der Waals surface area contributed by atoms with Crippen LogP contribution in [0.3, 0.4) is 0 Å². The van der Waals surface area contributed by atoms with E-state index in [4.69, 9.17) is 11.6 Å². The Labute approximate surface area is 178 Å². The Morgan fingerprint density at radius 2 is 2.03 bits per heavy atom. The van der Waals surface area contributed by atoms with Crippen LogP contribution in [0.1, 0.15) is 38.1 Å². The van der Waals surface area contributed by atoms with Crippen LogP contribution in [-0.4, -0.2) is 55.0 Å². The van der Waals surface area contributed by atoms with E-state index in [9.17, 15) is 14.3 Å². The molecule has 10 heteroatoms. The maximum atomic E-state index is 14.0. The molecule has 3 aromatic heterocycles. The number of nitrogens with zero attached hydrogens (tertiary/aromatic N) is 4. The van der Waals surface area contributed by atoms with Crippen molar-refractivity contribution in [3.8, 4) is 11.3 Å². The predicted octanol–water partition coefficient (Wildman–Crippen LogP) is 3.10. The lowest BCUT2D eigenvalue weighted by atomic mass is 10.0. The van der Waals surface area contributed by atoms with Crippen molar-refractivity contribution < 1.29 is 14.3 Å². The van der Waals surface area contributed by atoms with Crippen LogP contribution in [0, 0.1) is 0 Å². The van der Waals surface area contributed by atoms with E-state index >= 15 is 0 Å². The van der Waals surface area contributed by atoms with Gasteiger partial charge in [-0.1, -0.05) is 11.6 Å². The van der Waals surface area contributed by atoms with E-state index in [0.717, 1.165) is 0 Å². The predicted molar refractivity (Wildman–Crippen MR) is 114 cm³/mol. The van der Waals surface area contributed by atoms with E-state index in [-0.39, 0.29) is 18.2 Å². The standard InChI is InChI=1S/C20H24ClFN6O2/c1-11(2)27-16-5-15(13-8-26-28-10-12(21)6-24-18(13)28)23-7-14(16)19(29)25-9-17(22)20(3,4)30/h5-8,10-11,17,30H,9H2,1-4H3,(H,23,27)(H,25,29). The highest BCUT2D eigenvalue weighted by molar-refractivity contribution is 6.30. The molecule has 0 aliphatic heterocycles. The Morgan fingerprint density at radius 1 is 1.30 bits per heavy atom. The van der Waals surface area contributed by atoms with Gasteiger partial charge in [0.25, 0.3) is 5.91 Å². The number of fused-ring (bicyclic) bond motifs is 1. The minimum Gasteiger partial charge on any atom is -0.387 e. The van der Waals surface area contributed by atoms with Crippen molar-refractivity contribution in [2.24, 2.45) is 0 Å². The second-order valence-corrected chi connectivity index (χ2v) is 8.28. The van der Waals surface area contributed by atoms with Crippen LogP contribution >= 0.6 is 11.6 Å². The molecule has 0 aromatic carbocycles. The van der Waals surface area contributed by atoms with Gasteiger partial charge < -0.3 is 15.7 Å². The number of aliphatic hydroxyl groups is 1. The van der Waals surface area contributed by atoms with Crippen LogP contribution < -0.4 is 10.6 Å². The van der Waals surface area contributed by atoms with Crippen LogP contribution in [0.4, 0.5) is 10.1 Å². The van der Waals surface area contributed by atoms with Crippen molar-refractivity contribution >= 4 is 28.8 Å². The molecule has 1 amide bonds. The molecule has 0 aliphatic carbocycles. The zero-order valence-electron chi connectivity index (χ0n) is 17.1. The largest absolute Gasteiger partial charge is 0.387 e. The number of hydrogen-bond acceptors (Lipinski definition) is 6. The molecule has 1 atom stereocenters. The number of carbonyl (C=O) groups excluding carboxylic acids is 1. The van der Waals surface area contributed by atoms with Crippen molar-refractivity contribution in [3.63, 3.8) is 0 Å². The number of amides is 1. The molecule has 3 rings (SSSR count). The van der Waals surface area contributed by atoms with E-state index in [2.05, 4.69) is 25.7 Å². The lowest BCUT2D eigenvalue weighted by Gasteiger charge is -2.23. The lowest BCUT2D eigenvalue weighted by Crippen LogP contribution is -2.42. The average molecular weight is 435 g/mol. The molecule has 160 valence electrons. The summed E-state index contributed by atoms with van der Waals surface area (Å²) in [6, 6.07) is 1.77. The van der Waals surface area contributed by atoms with Gasteiger partial charge in [0.2, 0.25) is 0 Å². The first-order valence-electron chi connectivity index (χ1n) is 9.46. The fraction of sp³-hybridized carbons (Fsp3) is 0.400. The number of nitrogens with one attached hydrogen (secondary N) is 2. The maximum Gasteiger partial charge on any atom is 0.255 e. The number of aromatic nitrogens is 4. The number of alkyl halides is 1. The normalized spacial score (nSPS) is 12.9. The van der Waals surface area contributed by atoms with Crippen LogP contribution in [0.25, 0.3) is 16.9 Å². The molecule has 0 saturated heterocycles. The van der Waals surface area contributed by atoms with Gasteiger partial charge in [0.1, 0.15) is 6.17 Å². The molecule has 0 aliphatic rings. The first-order valence-corrected chi connectivity index (χ1v) is 9.84. The SMILES string of the molecule is CC(C)Nc1cc(-c2cnn3cc(Cl)cnc23)ncc1C(=O)NCC(F)C(C)(C)O. The molecule has 3 heterocycles. The molecule has 0 spiro atoms. The molecule has 0 bridgehead atoms. The van der Waals surface area contributed by atoms with E-state index in [1.165, 1.54) is 26.2 Å². The van der Waals surface area contributed by atoms with Gasteiger partial charge in [-0.25, -0.2) is 13.9 Å². The topological polar surface area (TPSA) is 104 Å². The zero-order chi connectivity index (χ0) is 22.1. The number of carbonyl (C=O) groups is 1. The van der Waals surface area contributed by atoms with Crippen LogP contribution in [-0.2, 0) is 0 Å². The van der Waals surface area contributed by atoms with Gasteiger partial charge >= 0.3 is 0 Å². The van der Waals surface area contributed by atoms with Crippen molar-refractivity contribution in [3.05, 3.63) is 41.4 Å². The molecule has 8 nitrogen and oxygen atoms in total. The van der Waals surface area contributed by atoms with Crippen molar-refractivity contribution in [2.45, 2.75) is 45.5 Å². The Kier molecular flexibility index (Phi) is 6.23. The quantitative estimate of drug-likeness (QED) is 0.527. The van der Waals surface area contributed by atoms with E-state index < -0.39 is 17.7 Å². The molecule has 0 saturated carbocycles. The highest BCUT2D eigenvalue weighted by Crippen LogP contribution is 2.27. The molecule has 0 radical (unpaired) electrons. The monoisotopic (exact) mass is 434 g/mol. The summed E-state index contributed by atoms with van der Waals surface area (Å²) >= 11 is 5.96. The zero-order valence-corrected chi connectivity index (χ0v) is 17.9. The molecule has 3 aromatic rings. The van der Waals surface area contributed by atoms with Gasteiger partial charge in [0.05, 0.1) is 52.1 Å². The van der Waals surface area contributed by atoms with Gasteiger partial charge in [0.15, 0.2) is 5.65 Å². The van der Waals surface area contributed by atoms with E-state index in [1.54, 1.807) is 23.0 Å². The van der Waals surface area contributed by atoms with Crippen LogP contribution in [0.2, 0.25) is 5.02 Å². The molecular formula is C20H24ClFN6O2. The van der Waals surface area contributed by atoms with Crippen LogP contribution in [0.5, 0.6) is 0 Å². The third kappa shape index (κ3) is 4.85. The number of pyridine rings is 1. The summed E-state index contributed by atoms with van der Waals surface area (Å²) < 4.78 is 15.6. The Morgan fingerprint density at radius 3 is 2.70 bits per heavy atom. The van der Waals surface area contributed by atoms with Gasteiger partial charge in [-0.3, -0.25) is 9.78 Å². The molecule has 0 fully saturated rings. The van der Waals surface area contributed by atoms with Gasteiger partial charge in [-0.2, -0.15) is 5.10 Å². The lowest BCUT2D eigenvalue weighted by molar-refractivity contribution is -0.00177. The number of rotatable bonds is 7. The second-order valence-electron chi connectivity index (χ2n) is 7.84. The maximum absolute atomic E-state index is 14.0. The molecule has 1 unspecified atom stereocenters. The van der Waals surface area contributed by atoms with E-state index in [1.807, 2.05) is 13.8 Å². The summed E-state index contributed by atoms with van der Waals surface area (Å²) in [6.07, 6.45) is 4.60. The first-order chi connectivity index (χ1) is 14.1. The summed E-state index contributed by atoms with van der Waals surface area (Å²) in [4.78, 5) is 21.3. The minimum absolute atomic E-state index is 0.0398. The van der Waals surface area contributed by atoms with Crippen molar-refractivity contribution in [1.82, 2.24) is 24.9 Å². The Balaban J connectivity index is 1.92. The Bertz CT molecular complexity index is 1060. The summed E-state index contributed by atoms with van der Waals surface area (Å²) in [5.41, 5.74) is 1.08. The van der Waals surface area contributed by atoms with Gasteiger partial charge in [-0.15, -0.1) is 0 Å². The first kappa shape index (κ1) is 21.9. The summed E-state index contributed by atoms with van der Waals surface area (Å²) in [5.74, 6) is -0.492. The van der Waals surface area contributed by atoms with Crippen molar-refractivity contribution in [2.75, 3.05) is 11.9 Å². The van der Waals surface area contributed by atoms with Crippen LogP contribution in [0.15, 0.2) is 30.9 Å². The summed E-state index contributed by atoms with van der Waals surface area (Å²) in [7, 11) is 0. The third-order valence-corrected chi connectivity index (χ3v) is 4.60. The third-order valence-electron chi connectivity index (χ3n) is 4.40. The van der Waals surface area contributed by atoms with Gasteiger partial charge in [-0.05, 0) is 33.8 Å². The van der Waals surface area contributed by atoms with Gasteiger partial charge in [0, 0.05) is 18.4 Å². The Hall–Kier alpha value is -2.78. The number of halogens is 2. The molecule has 3 N–H and O–H groups in total. The highest BCUT2D eigenvalue weighted by atomic mass is 35.5. The molecule has 30 heavy (non-hydrogen) atoms.